The summed E-state index contributed by atoms with van der Waals surface area (Å²) in [5.74, 6) is 0.118. The van der Waals surface area contributed by atoms with Gasteiger partial charge in [-0.05, 0) is 32.0 Å². The summed E-state index contributed by atoms with van der Waals surface area (Å²) in [5, 5.41) is 24.7. The molecular formula is C21H20Cl2N6O3. The van der Waals surface area contributed by atoms with Crippen LogP contribution in [-0.2, 0) is 6.54 Å². The average molecular weight is 475 g/mol. The fraction of sp³-hybridized carbons (Fsp3) is 0.238. The van der Waals surface area contributed by atoms with Gasteiger partial charge in [-0.15, -0.1) is 0 Å². The third kappa shape index (κ3) is 4.69. The number of fused-ring (bicyclic) bond motifs is 1. The van der Waals surface area contributed by atoms with Crippen molar-refractivity contribution in [1.82, 2.24) is 25.0 Å². The van der Waals surface area contributed by atoms with Crippen molar-refractivity contribution < 1.29 is 14.6 Å². The lowest BCUT2D eigenvalue weighted by Crippen LogP contribution is -2.13. The fourth-order valence-electron chi connectivity index (χ4n) is 3.30. The van der Waals surface area contributed by atoms with Crippen LogP contribution in [0.3, 0.4) is 0 Å². The van der Waals surface area contributed by atoms with Crippen LogP contribution in [0.5, 0.6) is 5.75 Å². The van der Waals surface area contributed by atoms with E-state index in [2.05, 4.69) is 25.6 Å². The number of carbonyl (C=O) groups excluding carboxylic acids is 1. The minimum Gasteiger partial charge on any atom is -0.486 e. The minimum atomic E-state index is -0.550. The summed E-state index contributed by atoms with van der Waals surface area (Å²) in [6.07, 6.45) is 5.16. The molecule has 9 nitrogen and oxygen atoms in total. The van der Waals surface area contributed by atoms with Crippen molar-refractivity contribution in [3.05, 3.63) is 64.3 Å². The Morgan fingerprint density at radius 1 is 1.25 bits per heavy atom. The van der Waals surface area contributed by atoms with Gasteiger partial charge >= 0.3 is 0 Å². The van der Waals surface area contributed by atoms with Gasteiger partial charge in [0.2, 0.25) is 0 Å². The van der Waals surface area contributed by atoms with Crippen molar-refractivity contribution >= 4 is 45.7 Å². The number of carbonyl (C=O) groups is 1. The summed E-state index contributed by atoms with van der Waals surface area (Å²) < 4.78 is 7.57. The number of aliphatic hydroxyl groups is 1. The first-order valence-electron chi connectivity index (χ1n) is 9.77. The number of hydrogen-bond donors (Lipinski definition) is 3. The van der Waals surface area contributed by atoms with Crippen LogP contribution in [0.15, 0.2) is 43.0 Å². The highest BCUT2D eigenvalue weighted by atomic mass is 35.5. The molecule has 0 fully saturated rings. The van der Waals surface area contributed by atoms with E-state index in [9.17, 15) is 9.90 Å². The molecule has 166 valence electrons. The zero-order chi connectivity index (χ0) is 22.8. The van der Waals surface area contributed by atoms with Gasteiger partial charge in [0.25, 0.3) is 5.91 Å². The van der Waals surface area contributed by atoms with E-state index in [0.717, 1.165) is 0 Å². The van der Waals surface area contributed by atoms with Gasteiger partial charge in [0.1, 0.15) is 11.9 Å². The molecule has 11 heteroatoms. The molecule has 3 N–H and O–H groups in total. The van der Waals surface area contributed by atoms with E-state index in [1.54, 1.807) is 36.0 Å². The smallest absolute Gasteiger partial charge is 0.276 e. The molecule has 1 amide bonds. The molecule has 3 heterocycles. The Balaban J connectivity index is 1.55. The molecule has 0 aliphatic rings. The van der Waals surface area contributed by atoms with Gasteiger partial charge in [0.15, 0.2) is 5.69 Å². The van der Waals surface area contributed by atoms with Gasteiger partial charge in [-0.2, -0.15) is 10.2 Å². The number of amides is 1. The van der Waals surface area contributed by atoms with Crippen molar-refractivity contribution in [3.63, 3.8) is 0 Å². The minimum absolute atomic E-state index is 0.210. The highest BCUT2D eigenvalue weighted by Gasteiger charge is 2.19. The number of anilines is 1. The Hall–Kier alpha value is -3.14. The largest absolute Gasteiger partial charge is 0.486 e. The summed E-state index contributed by atoms with van der Waals surface area (Å²) in [7, 11) is 0. The molecule has 0 radical (unpaired) electrons. The van der Waals surface area contributed by atoms with Crippen LogP contribution in [0, 0.1) is 0 Å². The van der Waals surface area contributed by atoms with Gasteiger partial charge in [-0.25, -0.2) is 0 Å². The monoisotopic (exact) mass is 474 g/mol. The fourth-order valence-corrected chi connectivity index (χ4v) is 3.97. The van der Waals surface area contributed by atoms with Gasteiger partial charge in [-0.1, -0.05) is 23.2 Å². The predicted molar refractivity (Wildman–Crippen MR) is 121 cm³/mol. The molecule has 1 aromatic carbocycles. The second-order valence-electron chi connectivity index (χ2n) is 7.31. The van der Waals surface area contributed by atoms with Crippen LogP contribution in [0.2, 0.25) is 10.0 Å². The average Bonchev–Trinajstić information content (AvgIpc) is 3.33. The summed E-state index contributed by atoms with van der Waals surface area (Å²) in [4.78, 5) is 16.8. The highest BCUT2D eigenvalue weighted by molar-refractivity contribution is 6.35. The molecule has 0 aliphatic carbocycles. The third-order valence-electron chi connectivity index (χ3n) is 4.70. The van der Waals surface area contributed by atoms with E-state index < -0.39 is 18.1 Å². The van der Waals surface area contributed by atoms with Gasteiger partial charge in [0.05, 0.1) is 40.1 Å². The van der Waals surface area contributed by atoms with Crippen LogP contribution < -0.4 is 10.1 Å². The zero-order valence-corrected chi connectivity index (χ0v) is 18.7. The van der Waals surface area contributed by atoms with Crippen molar-refractivity contribution in [2.45, 2.75) is 32.6 Å². The summed E-state index contributed by atoms with van der Waals surface area (Å²) >= 11 is 12.5. The zero-order valence-electron chi connectivity index (χ0n) is 17.2. The van der Waals surface area contributed by atoms with E-state index in [0.29, 0.717) is 44.5 Å². The number of nitrogens with one attached hydrogen (secondary N) is 2. The molecule has 4 aromatic rings. The number of H-pyrrole nitrogens is 1. The first kappa shape index (κ1) is 22.1. The summed E-state index contributed by atoms with van der Waals surface area (Å²) in [6, 6.07) is 5.27. The second-order valence-corrected chi connectivity index (χ2v) is 8.13. The number of aliphatic hydroxyl groups excluding tert-OH is 1. The Labute approximate surface area is 193 Å². The lowest BCUT2D eigenvalue weighted by atomic mass is 10.1. The number of halogens is 2. The number of benzene rings is 1. The Kier molecular flexibility index (Phi) is 6.31. The van der Waals surface area contributed by atoms with E-state index in [-0.39, 0.29) is 5.69 Å². The molecule has 0 bridgehead atoms. The Morgan fingerprint density at radius 3 is 2.72 bits per heavy atom. The normalized spacial score (nSPS) is 13.2. The van der Waals surface area contributed by atoms with Crippen molar-refractivity contribution in [1.29, 1.82) is 0 Å². The molecule has 0 aliphatic heterocycles. The first-order chi connectivity index (χ1) is 15.3. The number of aromatic amines is 1. The van der Waals surface area contributed by atoms with Crippen LogP contribution in [0.25, 0.3) is 10.9 Å². The van der Waals surface area contributed by atoms with E-state index >= 15 is 0 Å². The molecular weight excluding hydrogens is 455 g/mol. The highest BCUT2D eigenvalue weighted by Crippen LogP contribution is 2.33. The number of nitrogens with zero attached hydrogens (tertiary/aromatic N) is 4. The van der Waals surface area contributed by atoms with Gasteiger partial charge < -0.3 is 15.2 Å². The molecule has 3 aromatic heterocycles. The molecule has 0 saturated carbocycles. The Morgan fingerprint density at radius 2 is 2.00 bits per heavy atom. The van der Waals surface area contributed by atoms with Crippen molar-refractivity contribution in [3.8, 4) is 5.75 Å². The topological polar surface area (TPSA) is 118 Å². The maximum atomic E-state index is 12.8. The number of rotatable bonds is 7. The van der Waals surface area contributed by atoms with Crippen molar-refractivity contribution in [2.75, 3.05) is 5.32 Å². The lowest BCUT2D eigenvalue weighted by Gasteiger charge is -2.17. The number of ether oxygens (including phenoxy) is 1. The first-order valence-corrected chi connectivity index (χ1v) is 10.5. The maximum Gasteiger partial charge on any atom is 0.276 e. The summed E-state index contributed by atoms with van der Waals surface area (Å²) in [6.45, 7) is 3.81. The van der Waals surface area contributed by atoms with Gasteiger partial charge in [-0.3, -0.25) is 19.6 Å². The Bertz CT molecular complexity index is 1250. The number of aromatic nitrogens is 5. The molecule has 2 atom stereocenters. The predicted octanol–water partition coefficient (Wildman–Crippen LogP) is 4.23. The molecule has 32 heavy (non-hydrogen) atoms. The SMILES string of the molecule is CC(O)Cn1cc(NC(=O)c2n[nH]c3ccc(O[C@H](C)c4c(Cl)cncc4Cl)cc23)cn1. The second kappa shape index (κ2) is 9.15. The lowest BCUT2D eigenvalue weighted by molar-refractivity contribution is 0.102. The van der Waals surface area contributed by atoms with Crippen LogP contribution in [-0.4, -0.2) is 42.1 Å². The number of pyridine rings is 1. The van der Waals surface area contributed by atoms with E-state index in [1.165, 1.54) is 18.6 Å². The molecule has 0 spiro atoms. The van der Waals surface area contributed by atoms with Crippen molar-refractivity contribution in [2.24, 2.45) is 0 Å². The molecule has 0 saturated heterocycles. The van der Waals surface area contributed by atoms with Gasteiger partial charge in [0, 0.05) is 29.5 Å². The van der Waals surface area contributed by atoms with E-state index in [4.69, 9.17) is 27.9 Å². The van der Waals surface area contributed by atoms with Crippen LogP contribution >= 0.6 is 23.2 Å². The maximum absolute atomic E-state index is 12.8. The quantitative estimate of drug-likeness (QED) is 0.368. The number of hydrogen-bond acceptors (Lipinski definition) is 6. The van der Waals surface area contributed by atoms with E-state index in [1.807, 2.05) is 6.92 Å². The van der Waals surface area contributed by atoms with Crippen LogP contribution in [0.4, 0.5) is 5.69 Å². The third-order valence-corrected chi connectivity index (χ3v) is 5.30. The standard InChI is InChI=1S/C21H20Cl2N6O3/c1-11(30)9-29-10-13(6-25-29)26-21(31)20-15-5-14(3-4-18(15)27-28-20)32-12(2)19-16(22)7-24-8-17(19)23/h3-8,10-12,30H,9H2,1-2H3,(H,26,31)(H,27,28)/t11?,12-/m1/s1. The van der Waals surface area contributed by atoms with Crippen LogP contribution in [0.1, 0.15) is 36.0 Å². The molecule has 1 unspecified atom stereocenters. The molecule has 4 rings (SSSR count). The summed E-state index contributed by atoms with van der Waals surface area (Å²) in [5.41, 5.74) is 2.01.